The Morgan fingerprint density at radius 2 is 2.08 bits per heavy atom. The lowest BCUT2D eigenvalue weighted by Crippen LogP contribution is -2.42. The molecule has 1 heterocycles. The van der Waals surface area contributed by atoms with Crippen molar-refractivity contribution in [3.05, 3.63) is 52.0 Å². The second kappa shape index (κ2) is 10.1. The average molecular weight is 347 g/mol. The van der Waals surface area contributed by atoms with Crippen molar-refractivity contribution in [2.75, 3.05) is 26.8 Å². The zero-order valence-corrected chi connectivity index (χ0v) is 15.1. The maximum absolute atomic E-state index is 12.4. The number of carbonyl (C=O) groups excluding carboxylic acids is 1. The number of nitrogens with zero attached hydrogens (tertiary/aromatic N) is 2. The molecule has 130 valence electrons. The number of hydrogen-bond acceptors (Lipinski definition) is 4. The van der Waals surface area contributed by atoms with E-state index in [9.17, 15) is 4.79 Å². The molecule has 2 amide bonds. The van der Waals surface area contributed by atoms with Gasteiger partial charge in [0.2, 0.25) is 0 Å². The Hall–Kier alpha value is -1.92. The first-order valence-electron chi connectivity index (χ1n) is 8.15. The fourth-order valence-electron chi connectivity index (χ4n) is 2.40. The van der Waals surface area contributed by atoms with Gasteiger partial charge in [0, 0.05) is 25.6 Å². The highest BCUT2D eigenvalue weighted by Gasteiger charge is 2.13. The largest absolute Gasteiger partial charge is 0.383 e. The van der Waals surface area contributed by atoms with Crippen molar-refractivity contribution in [3.63, 3.8) is 0 Å². The zero-order valence-electron chi connectivity index (χ0n) is 14.3. The quantitative estimate of drug-likeness (QED) is 0.758. The first kappa shape index (κ1) is 18.4. The zero-order chi connectivity index (χ0) is 17.2. The number of aryl methyl sites for hydroxylation is 2. The maximum atomic E-state index is 12.4. The van der Waals surface area contributed by atoms with Gasteiger partial charge < -0.3 is 15.0 Å². The summed E-state index contributed by atoms with van der Waals surface area (Å²) in [4.78, 5) is 18.6. The van der Waals surface area contributed by atoms with E-state index in [0.29, 0.717) is 26.2 Å². The summed E-state index contributed by atoms with van der Waals surface area (Å²) < 4.78 is 5.12. The minimum Gasteiger partial charge on any atom is -0.383 e. The summed E-state index contributed by atoms with van der Waals surface area (Å²) in [6.45, 7) is 4.26. The molecular weight excluding hydrogens is 322 g/mol. The molecule has 0 saturated carbocycles. The van der Waals surface area contributed by atoms with Gasteiger partial charge in [-0.2, -0.15) is 0 Å². The van der Waals surface area contributed by atoms with Crippen LogP contribution in [-0.4, -0.2) is 42.7 Å². The number of urea groups is 1. The number of carbonyl (C=O) groups is 1. The van der Waals surface area contributed by atoms with Crippen LogP contribution in [0.5, 0.6) is 0 Å². The van der Waals surface area contributed by atoms with Crippen molar-refractivity contribution in [2.45, 2.75) is 26.3 Å². The van der Waals surface area contributed by atoms with Gasteiger partial charge in [0.1, 0.15) is 0 Å². The van der Waals surface area contributed by atoms with Crippen LogP contribution in [0.1, 0.15) is 22.7 Å². The Bertz CT molecular complexity index is 616. The highest BCUT2D eigenvalue weighted by Crippen LogP contribution is 2.08. The summed E-state index contributed by atoms with van der Waals surface area (Å²) in [7, 11) is 1.65. The molecule has 0 fully saturated rings. The van der Waals surface area contributed by atoms with Crippen LogP contribution in [0.25, 0.3) is 0 Å². The number of nitrogens with one attached hydrogen (secondary N) is 1. The summed E-state index contributed by atoms with van der Waals surface area (Å²) in [5, 5.41) is 5.93. The fourth-order valence-corrected chi connectivity index (χ4v) is 3.02. The molecule has 5 nitrogen and oxygen atoms in total. The second-order valence-electron chi connectivity index (χ2n) is 5.59. The normalized spacial score (nSPS) is 10.6. The van der Waals surface area contributed by atoms with Gasteiger partial charge in [0.25, 0.3) is 0 Å². The lowest BCUT2D eigenvalue weighted by Gasteiger charge is -2.22. The lowest BCUT2D eigenvalue weighted by molar-refractivity contribution is 0.148. The van der Waals surface area contributed by atoms with Gasteiger partial charge in [0.05, 0.1) is 23.9 Å². The van der Waals surface area contributed by atoms with Gasteiger partial charge in [-0.25, -0.2) is 9.78 Å². The lowest BCUT2D eigenvalue weighted by atomic mass is 10.1. The minimum absolute atomic E-state index is 0.0641. The van der Waals surface area contributed by atoms with E-state index in [1.807, 2.05) is 35.4 Å². The Balaban J connectivity index is 1.80. The number of benzene rings is 1. The first-order chi connectivity index (χ1) is 11.7. The van der Waals surface area contributed by atoms with Crippen LogP contribution < -0.4 is 5.32 Å². The predicted octanol–water partition coefficient (Wildman–Crippen LogP) is 3.24. The smallest absolute Gasteiger partial charge is 0.317 e. The average Bonchev–Trinajstić information content (AvgIpc) is 3.02. The van der Waals surface area contributed by atoms with E-state index in [0.717, 1.165) is 23.5 Å². The van der Waals surface area contributed by atoms with Crippen LogP contribution in [-0.2, 0) is 17.7 Å². The number of ether oxygens (including phenoxy) is 1. The Morgan fingerprint density at radius 3 is 2.75 bits per heavy atom. The predicted molar refractivity (Wildman–Crippen MR) is 97.3 cm³/mol. The summed E-state index contributed by atoms with van der Waals surface area (Å²) in [5.41, 5.74) is 2.20. The molecule has 6 heteroatoms. The van der Waals surface area contributed by atoms with Crippen molar-refractivity contribution >= 4 is 17.4 Å². The first-order valence-corrected chi connectivity index (χ1v) is 9.03. The molecule has 1 aromatic heterocycles. The van der Waals surface area contributed by atoms with Crippen LogP contribution in [0.3, 0.4) is 0 Å². The third-order valence-corrected chi connectivity index (χ3v) is 4.50. The van der Waals surface area contributed by atoms with Gasteiger partial charge >= 0.3 is 6.03 Å². The molecular formula is C18H25N3O2S. The molecule has 0 radical (unpaired) electrons. The van der Waals surface area contributed by atoms with Crippen molar-refractivity contribution in [2.24, 2.45) is 0 Å². The molecule has 1 aromatic carbocycles. The molecule has 2 aromatic rings. The third kappa shape index (κ3) is 6.29. The van der Waals surface area contributed by atoms with Crippen molar-refractivity contribution in [1.82, 2.24) is 15.2 Å². The maximum Gasteiger partial charge on any atom is 0.317 e. The van der Waals surface area contributed by atoms with Crippen LogP contribution in [0.15, 0.2) is 35.7 Å². The van der Waals surface area contributed by atoms with Gasteiger partial charge in [-0.1, -0.05) is 30.3 Å². The summed E-state index contributed by atoms with van der Waals surface area (Å²) in [6.07, 6.45) is 1.89. The van der Waals surface area contributed by atoms with Gasteiger partial charge in [0.15, 0.2) is 0 Å². The van der Waals surface area contributed by atoms with Crippen molar-refractivity contribution < 1.29 is 9.53 Å². The SMILES string of the molecule is COCCN(CCCc1ccccc1)C(=O)NCc1csc(C)n1. The van der Waals surface area contributed by atoms with E-state index in [1.54, 1.807) is 18.4 Å². The molecule has 0 aliphatic rings. The summed E-state index contributed by atoms with van der Waals surface area (Å²) >= 11 is 1.59. The molecule has 0 bridgehead atoms. The minimum atomic E-state index is -0.0641. The van der Waals surface area contributed by atoms with E-state index in [2.05, 4.69) is 22.4 Å². The van der Waals surface area contributed by atoms with Crippen LogP contribution in [0, 0.1) is 6.92 Å². The third-order valence-electron chi connectivity index (χ3n) is 3.68. The van der Waals surface area contributed by atoms with Gasteiger partial charge in [-0.15, -0.1) is 11.3 Å². The van der Waals surface area contributed by atoms with Crippen LogP contribution in [0.4, 0.5) is 4.79 Å². The number of hydrogen-bond donors (Lipinski definition) is 1. The van der Waals surface area contributed by atoms with E-state index in [4.69, 9.17) is 4.74 Å². The van der Waals surface area contributed by atoms with Crippen LogP contribution in [0.2, 0.25) is 0 Å². The fraction of sp³-hybridized carbons (Fsp3) is 0.444. The van der Waals surface area contributed by atoms with Gasteiger partial charge in [-0.05, 0) is 25.3 Å². The molecule has 0 saturated heterocycles. The molecule has 0 aliphatic heterocycles. The Labute approximate surface area is 147 Å². The van der Waals surface area contributed by atoms with Gasteiger partial charge in [-0.3, -0.25) is 0 Å². The standard InChI is InChI=1S/C18H25N3O2S/c1-15-20-17(14-24-15)13-19-18(22)21(11-12-23-2)10-6-9-16-7-4-3-5-8-16/h3-5,7-8,14H,6,9-13H2,1-2H3,(H,19,22). The molecule has 0 atom stereocenters. The Kier molecular flexibility index (Phi) is 7.71. The van der Waals surface area contributed by atoms with E-state index < -0.39 is 0 Å². The van der Waals surface area contributed by atoms with E-state index >= 15 is 0 Å². The summed E-state index contributed by atoms with van der Waals surface area (Å²) in [5.74, 6) is 0. The van der Waals surface area contributed by atoms with E-state index in [1.165, 1.54) is 5.56 Å². The number of aromatic nitrogens is 1. The topological polar surface area (TPSA) is 54.5 Å². The molecule has 0 aliphatic carbocycles. The highest BCUT2D eigenvalue weighted by atomic mass is 32.1. The van der Waals surface area contributed by atoms with Crippen molar-refractivity contribution in [3.8, 4) is 0 Å². The van der Waals surface area contributed by atoms with Crippen molar-refractivity contribution in [1.29, 1.82) is 0 Å². The number of amides is 2. The number of rotatable bonds is 9. The van der Waals surface area contributed by atoms with E-state index in [-0.39, 0.29) is 6.03 Å². The number of thiazole rings is 1. The Morgan fingerprint density at radius 1 is 1.29 bits per heavy atom. The second-order valence-corrected chi connectivity index (χ2v) is 6.65. The van der Waals surface area contributed by atoms with Crippen LogP contribution >= 0.6 is 11.3 Å². The molecule has 1 N–H and O–H groups in total. The number of methoxy groups -OCH3 is 1. The monoisotopic (exact) mass is 347 g/mol. The molecule has 0 unspecified atom stereocenters. The molecule has 24 heavy (non-hydrogen) atoms. The molecule has 2 rings (SSSR count). The molecule has 0 spiro atoms. The summed E-state index contributed by atoms with van der Waals surface area (Å²) in [6, 6.07) is 10.3. The highest BCUT2D eigenvalue weighted by molar-refractivity contribution is 7.09.